The predicted octanol–water partition coefficient (Wildman–Crippen LogP) is 9.01. The third-order valence-electron chi connectivity index (χ3n) is 9.83. The molecule has 0 unspecified atom stereocenters. The minimum absolute atomic E-state index is 0.0281. The number of carbonyl (C=O) groups is 1. The molecule has 3 rings (SSSR count). The van der Waals surface area contributed by atoms with E-state index in [4.69, 9.17) is 4.74 Å². The van der Waals surface area contributed by atoms with Gasteiger partial charge in [0.15, 0.2) is 5.78 Å². The van der Waals surface area contributed by atoms with Crippen LogP contribution in [0.15, 0.2) is 100 Å². The van der Waals surface area contributed by atoms with E-state index in [1.165, 1.54) is 5.57 Å². The molecule has 2 saturated carbocycles. The second-order valence-corrected chi connectivity index (χ2v) is 15.0. The maximum Gasteiger partial charge on any atom is 0.161 e. The Morgan fingerprint density at radius 2 is 1.39 bits per heavy atom. The molecule has 0 aromatic heterocycles. The zero-order valence-electron chi connectivity index (χ0n) is 28.8. The topological polar surface area (TPSA) is 70.1 Å². The van der Waals surface area contributed by atoms with E-state index in [2.05, 4.69) is 84.6 Å². The normalized spacial score (nSPS) is 32.7. The second-order valence-electron chi connectivity index (χ2n) is 15.0. The van der Waals surface area contributed by atoms with Gasteiger partial charge in [-0.2, -0.15) is 0 Å². The van der Waals surface area contributed by atoms with Gasteiger partial charge in [0.1, 0.15) is 5.60 Å². The van der Waals surface area contributed by atoms with Crippen molar-refractivity contribution in [2.75, 3.05) is 0 Å². The van der Waals surface area contributed by atoms with Crippen molar-refractivity contribution in [2.45, 2.75) is 125 Å². The highest BCUT2D eigenvalue weighted by atomic mass is 16.6. The van der Waals surface area contributed by atoms with E-state index in [1.54, 1.807) is 0 Å². The van der Waals surface area contributed by atoms with Gasteiger partial charge >= 0.3 is 0 Å². The molecule has 240 valence electrons. The number of fused-ring (bicyclic) bond motifs is 1. The highest BCUT2D eigenvalue weighted by Gasteiger charge is 2.76. The van der Waals surface area contributed by atoms with Gasteiger partial charge in [-0.3, -0.25) is 4.79 Å². The summed E-state index contributed by atoms with van der Waals surface area (Å²) >= 11 is 0. The molecule has 2 aliphatic carbocycles. The van der Waals surface area contributed by atoms with E-state index in [0.29, 0.717) is 30.8 Å². The number of Topliss-reactive ketones (excluding diaryl/α,β-unsaturated/α-hetero) is 1. The minimum Gasteiger partial charge on any atom is -0.393 e. The highest BCUT2D eigenvalue weighted by Crippen LogP contribution is 2.67. The first-order valence-corrected chi connectivity index (χ1v) is 16.2. The zero-order chi connectivity index (χ0) is 32.9. The number of carbonyl (C=O) groups excluding carboxylic acids is 1. The summed E-state index contributed by atoms with van der Waals surface area (Å²) in [4.78, 5) is 13.1. The fourth-order valence-electron chi connectivity index (χ4n) is 7.39. The maximum atomic E-state index is 13.1. The summed E-state index contributed by atoms with van der Waals surface area (Å²) in [5, 5.41) is 20.4. The lowest BCUT2D eigenvalue weighted by molar-refractivity contribution is -0.118. The Morgan fingerprint density at radius 3 is 1.95 bits per heavy atom. The Labute approximate surface area is 267 Å². The van der Waals surface area contributed by atoms with Crippen molar-refractivity contribution in [1.82, 2.24) is 0 Å². The average Bonchev–Trinajstić information content (AvgIpc) is 3.49. The van der Waals surface area contributed by atoms with Crippen LogP contribution in [0, 0.1) is 16.7 Å². The van der Waals surface area contributed by atoms with Crippen LogP contribution in [0.2, 0.25) is 0 Å². The van der Waals surface area contributed by atoms with Crippen molar-refractivity contribution in [3.05, 3.63) is 100 Å². The summed E-state index contributed by atoms with van der Waals surface area (Å²) in [6.07, 6.45) is 24.9. The molecule has 0 bridgehead atoms. The Bertz CT molecular complexity index is 1370. The monoisotopic (exact) mass is 600 g/mol. The third-order valence-corrected chi connectivity index (χ3v) is 9.83. The molecule has 3 aliphatic rings. The van der Waals surface area contributed by atoms with Crippen molar-refractivity contribution in [1.29, 1.82) is 0 Å². The Hall–Kier alpha value is -2.75. The lowest BCUT2D eigenvalue weighted by Gasteiger charge is -2.40. The minimum atomic E-state index is -0.489. The van der Waals surface area contributed by atoms with Crippen LogP contribution < -0.4 is 0 Å². The van der Waals surface area contributed by atoms with Crippen LogP contribution in [-0.2, 0) is 9.53 Å². The number of aliphatic hydroxyl groups is 2. The summed E-state index contributed by atoms with van der Waals surface area (Å²) in [6, 6.07) is 0. The van der Waals surface area contributed by atoms with Crippen molar-refractivity contribution in [3.8, 4) is 0 Å². The largest absolute Gasteiger partial charge is 0.393 e. The zero-order valence-corrected chi connectivity index (χ0v) is 28.8. The second kappa shape index (κ2) is 14.1. The van der Waals surface area contributed by atoms with Gasteiger partial charge in [-0.15, -0.1) is 5.73 Å². The Balaban J connectivity index is 1.51. The van der Waals surface area contributed by atoms with Gasteiger partial charge in [0, 0.05) is 12.8 Å². The first-order valence-electron chi connectivity index (χ1n) is 16.2. The quantitative estimate of drug-likeness (QED) is 0.114. The molecule has 0 aromatic carbocycles. The first kappa shape index (κ1) is 35.7. The van der Waals surface area contributed by atoms with Crippen molar-refractivity contribution in [2.24, 2.45) is 16.7 Å². The van der Waals surface area contributed by atoms with Crippen LogP contribution in [-0.4, -0.2) is 39.4 Å². The van der Waals surface area contributed by atoms with Crippen molar-refractivity contribution >= 4 is 5.78 Å². The van der Waals surface area contributed by atoms with Gasteiger partial charge in [-0.1, -0.05) is 107 Å². The van der Waals surface area contributed by atoms with E-state index in [0.717, 1.165) is 29.6 Å². The lowest BCUT2D eigenvalue weighted by Crippen LogP contribution is -2.48. The number of ether oxygens (including phenoxy) is 1. The number of aliphatic hydroxyl groups excluding tert-OH is 2. The number of epoxide rings is 1. The van der Waals surface area contributed by atoms with Gasteiger partial charge < -0.3 is 14.9 Å². The number of hydrogen-bond acceptors (Lipinski definition) is 4. The van der Waals surface area contributed by atoms with Crippen molar-refractivity contribution in [3.63, 3.8) is 0 Å². The van der Waals surface area contributed by atoms with Crippen LogP contribution in [0.4, 0.5) is 0 Å². The van der Waals surface area contributed by atoms with Crippen LogP contribution in [0.25, 0.3) is 0 Å². The number of hydrogen-bond donors (Lipinski definition) is 2. The molecule has 4 nitrogen and oxygen atoms in total. The summed E-state index contributed by atoms with van der Waals surface area (Å²) in [5.74, 6) is 0.438. The van der Waals surface area contributed by atoms with E-state index < -0.39 is 11.2 Å². The van der Waals surface area contributed by atoms with Gasteiger partial charge in [0.25, 0.3) is 0 Å². The van der Waals surface area contributed by atoms with Gasteiger partial charge in [0.05, 0.1) is 17.8 Å². The van der Waals surface area contributed by atoms with Crippen LogP contribution in [0.5, 0.6) is 0 Å². The summed E-state index contributed by atoms with van der Waals surface area (Å²) < 4.78 is 6.18. The third kappa shape index (κ3) is 8.70. The SMILES string of the molecule is C\C(C=C=C1[C@@H](C)C[C@@H](O)CC1(C)C)=C/C=C/C(C)=C/C=C/C=C(C)/C=C/C=C(\C)C(=O)C[C@@]12O[C@]1(C)C[C@@H](O)CC2(C)C. The first-order chi connectivity index (χ1) is 20.4. The molecular weight excluding hydrogens is 544 g/mol. The molecule has 5 atom stereocenters. The molecule has 0 spiro atoms. The van der Waals surface area contributed by atoms with Crippen LogP contribution >= 0.6 is 0 Å². The molecule has 0 aromatic rings. The molecule has 1 saturated heterocycles. The number of allylic oxidation sites excluding steroid dienone is 15. The highest BCUT2D eigenvalue weighted by molar-refractivity contribution is 5.96. The van der Waals surface area contributed by atoms with E-state index in [-0.39, 0.29) is 28.8 Å². The molecule has 1 heterocycles. The fourth-order valence-corrected chi connectivity index (χ4v) is 7.39. The summed E-state index contributed by atoms with van der Waals surface area (Å²) in [7, 11) is 0. The lowest BCUT2D eigenvalue weighted by atomic mass is 9.61. The van der Waals surface area contributed by atoms with E-state index >= 15 is 0 Å². The van der Waals surface area contributed by atoms with Gasteiger partial charge in [0.2, 0.25) is 0 Å². The molecule has 4 heteroatoms. The predicted molar refractivity (Wildman–Crippen MR) is 183 cm³/mol. The Morgan fingerprint density at radius 1 is 0.818 bits per heavy atom. The number of rotatable bonds is 10. The molecule has 1 aliphatic heterocycles. The van der Waals surface area contributed by atoms with Crippen molar-refractivity contribution < 1.29 is 19.7 Å². The summed E-state index contributed by atoms with van der Waals surface area (Å²) in [6.45, 7) is 20.9. The van der Waals surface area contributed by atoms with Gasteiger partial charge in [-0.25, -0.2) is 0 Å². The average molecular weight is 601 g/mol. The fraction of sp³-hybridized carbons (Fsp3) is 0.550. The van der Waals surface area contributed by atoms with E-state index in [9.17, 15) is 15.0 Å². The van der Waals surface area contributed by atoms with Gasteiger partial charge in [-0.05, 0) is 93.4 Å². The molecule has 0 amide bonds. The Kier molecular flexibility index (Phi) is 11.5. The van der Waals surface area contributed by atoms with Crippen LogP contribution in [0.1, 0.15) is 101 Å². The number of ketones is 1. The molecule has 0 radical (unpaired) electrons. The summed E-state index contributed by atoms with van der Waals surface area (Å²) in [5.41, 5.74) is 7.72. The molecule has 44 heavy (non-hydrogen) atoms. The molecular formula is C40H56O4. The molecule has 3 fully saturated rings. The standard InChI is InChI=1S/C40H56O4/c1-28(17-13-18-30(3)21-22-35-32(5)23-33(41)24-37(35,6)7)15-11-12-16-29(2)19-14-20-31(4)36(43)27-40-38(8,9)25-34(42)26-39(40,10)44-40/h11-21,32-34,41-42H,23-27H2,1-10H3/b12-11+,17-13+,19-14+,28-15+,29-16+,30-18+,31-20+/t22?,32-,33+,34-,39+,40-/m0/s1. The van der Waals surface area contributed by atoms with Crippen LogP contribution in [0.3, 0.4) is 0 Å². The smallest absolute Gasteiger partial charge is 0.161 e. The molecule has 2 N–H and O–H groups in total. The maximum absolute atomic E-state index is 13.1. The van der Waals surface area contributed by atoms with E-state index in [1.807, 2.05) is 57.2 Å².